The number of anilines is 2. The zero-order chi connectivity index (χ0) is 14.7. The molecule has 0 aliphatic carbocycles. The van der Waals surface area contributed by atoms with Gasteiger partial charge < -0.3 is 10.6 Å². The molecule has 5 heteroatoms. The second kappa shape index (κ2) is 5.69. The summed E-state index contributed by atoms with van der Waals surface area (Å²) < 4.78 is 26.9. The lowest BCUT2D eigenvalue weighted by Gasteiger charge is -2.21. The van der Waals surface area contributed by atoms with Crippen molar-refractivity contribution in [3.63, 3.8) is 0 Å². The van der Waals surface area contributed by atoms with Crippen LogP contribution in [0.15, 0.2) is 42.5 Å². The summed E-state index contributed by atoms with van der Waals surface area (Å²) in [6, 6.07) is 10.5. The lowest BCUT2D eigenvalue weighted by Crippen LogP contribution is -2.31. The van der Waals surface area contributed by atoms with Crippen molar-refractivity contribution in [1.82, 2.24) is 0 Å². The number of para-hydroxylation sites is 1. The summed E-state index contributed by atoms with van der Waals surface area (Å²) >= 11 is 0. The normalized spacial score (nSPS) is 10.3. The van der Waals surface area contributed by atoms with Gasteiger partial charge in [0, 0.05) is 18.3 Å². The molecule has 0 spiro atoms. The Morgan fingerprint density at radius 3 is 2.40 bits per heavy atom. The molecule has 0 fully saturated rings. The summed E-state index contributed by atoms with van der Waals surface area (Å²) in [5.74, 6) is -2.35. The topological polar surface area (TPSA) is 46.3 Å². The highest BCUT2D eigenvalue weighted by Gasteiger charge is 2.21. The Balaban J connectivity index is 2.42. The van der Waals surface area contributed by atoms with Gasteiger partial charge in [-0.3, -0.25) is 4.79 Å². The van der Waals surface area contributed by atoms with Gasteiger partial charge in [0.25, 0.3) is 5.91 Å². The van der Waals surface area contributed by atoms with Crippen LogP contribution in [0.3, 0.4) is 0 Å². The van der Waals surface area contributed by atoms with Gasteiger partial charge in [-0.2, -0.15) is 0 Å². The zero-order valence-corrected chi connectivity index (χ0v) is 10.9. The Kier molecular flexibility index (Phi) is 3.98. The number of carbonyl (C=O) groups is 1. The van der Waals surface area contributed by atoms with Crippen molar-refractivity contribution < 1.29 is 13.6 Å². The SMILES string of the molecule is CCN(C(=O)c1cc(N)c(F)cc1F)c1ccccc1. The maximum absolute atomic E-state index is 13.8. The Hall–Kier alpha value is -2.43. The minimum Gasteiger partial charge on any atom is -0.396 e. The van der Waals surface area contributed by atoms with Crippen LogP contribution in [0.4, 0.5) is 20.2 Å². The molecule has 0 heterocycles. The molecule has 1 amide bonds. The quantitative estimate of drug-likeness (QED) is 0.875. The molecule has 2 N–H and O–H groups in total. The first-order valence-corrected chi connectivity index (χ1v) is 6.16. The minimum atomic E-state index is -0.920. The molecule has 0 saturated heterocycles. The summed E-state index contributed by atoms with van der Waals surface area (Å²) in [5, 5.41) is 0. The van der Waals surface area contributed by atoms with Gasteiger partial charge in [-0.1, -0.05) is 18.2 Å². The van der Waals surface area contributed by atoms with Crippen molar-refractivity contribution in [2.24, 2.45) is 0 Å². The first-order chi connectivity index (χ1) is 9.54. The Morgan fingerprint density at radius 1 is 1.15 bits per heavy atom. The Bertz CT molecular complexity index is 629. The van der Waals surface area contributed by atoms with Gasteiger partial charge in [-0.25, -0.2) is 8.78 Å². The number of amides is 1. The van der Waals surface area contributed by atoms with Gasteiger partial charge in [0.1, 0.15) is 11.6 Å². The van der Waals surface area contributed by atoms with E-state index in [1.54, 1.807) is 31.2 Å². The number of rotatable bonds is 3. The number of carbonyl (C=O) groups excluding carboxylic acids is 1. The zero-order valence-electron chi connectivity index (χ0n) is 10.9. The van der Waals surface area contributed by atoms with Gasteiger partial charge >= 0.3 is 0 Å². The fourth-order valence-corrected chi connectivity index (χ4v) is 1.93. The first kappa shape index (κ1) is 14.0. The highest BCUT2D eigenvalue weighted by molar-refractivity contribution is 6.06. The molecule has 0 aromatic heterocycles. The highest BCUT2D eigenvalue weighted by atomic mass is 19.1. The van der Waals surface area contributed by atoms with E-state index in [1.165, 1.54) is 4.90 Å². The van der Waals surface area contributed by atoms with Gasteiger partial charge in [-0.05, 0) is 25.1 Å². The summed E-state index contributed by atoms with van der Waals surface area (Å²) in [7, 11) is 0. The summed E-state index contributed by atoms with van der Waals surface area (Å²) in [6.45, 7) is 2.13. The third kappa shape index (κ3) is 2.61. The van der Waals surface area contributed by atoms with Gasteiger partial charge in [0.05, 0.1) is 11.3 Å². The van der Waals surface area contributed by atoms with Crippen LogP contribution in [0, 0.1) is 11.6 Å². The molecular formula is C15H14F2N2O. The summed E-state index contributed by atoms with van der Waals surface area (Å²) in [4.78, 5) is 13.8. The van der Waals surface area contributed by atoms with Crippen molar-refractivity contribution in [3.05, 3.63) is 59.7 Å². The summed E-state index contributed by atoms with van der Waals surface area (Å²) in [5.41, 5.74) is 5.54. The third-order valence-corrected chi connectivity index (χ3v) is 2.95. The minimum absolute atomic E-state index is 0.241. The van der Waals surface area contributed by atoms with Crippen LogP contribution >= 0.6 is 0 Å². The number of hydrogen-bond donors (Lipinski definition) is 1. The molecule has 0 atom stereocenters. The van der Waals surface area contributed by atoms with E-state index in [2.05, 4.69) is 0 Å². The number of benzene rings is 2. The van der Waals surface area contributed by atoms with Crippen molar-refractivity contribution in [1.29, 1.82) is 0 Å². The van der Waals surface area contributed by atoms with Gasteiger partial charge in [0.2, 0.25) is 0 Å². The average molecular weight is 276 g/mol. The number of hydrogen-bond acceptors (Lipinski definition) is 2. The molecule has 0 unspecified atom stereocenters. The van der Waals surface area contributed by atoms with E-state index in [1.807, 2.05) is 6.07 Å². The first-order valence-electron chi connectivity index (χ1n) is 6.16. The molecule has 3 nitrogen and oxygen atoms in total. The van der Waals surface area contributed by atoms with E-state index in [-0.39, 0.29) is 11.3 Å². The number of nitrogens with two attached hydrogens (primary N) is 1. The van der Waals surface area contributed by atoms with E-state index < -0.39 is 17.5 Å². The van der Waals surface area contributed by atoms with Gasteiger partial charge in [0.15, 0.2) is 0 Å². The van der Waals surface area contributed by atoms with Crippen LogP contribution in [0.25, 0.3) is 0 Å². The second-order valence-electron chi connectivity index (χ2n) is 4.24. The van der Waals surface area contributed by atoms with Crippen LogP contribution in [-0.2, 0) is 0 Å². The molecule has 0 aliphatic heterocycles. The molecular weight excluding hydrogens is 262 g/mol. The molecule has 0 radical (unpaired) electrons. The fourth-order valence-electron chi connectivity index (χ4n) is 1.93. The van der Waals surface area contributed by atoms with E-state index in [0.717, 1.165) is 6.07 Å². The van der Waals surface area contributed by atoms with E-state index in [0.29, 0.717) is 18.3 Å². The molecule has 20 heavy (non-hydrogen) atoms. The van der Waals surface area contributed by atoms with E-state index in [4.69, 9.17) is 5.73 Å². The van der Waals surface area contributed by atoms with Crippen LogP contribution in [0.5, 0.6) is 0 Å². The van der Waals surface area contributed by atoms with E-state index in [9.17, 15) is 13.6 Å². The van der Waals surface area contributed by atoms with Crippen molar-refractivity contribution >= 4 is 17.3 Å². The molecule has 2 rings (SSSR count). The molecule has 0 saturated carbocycles. The highest BCUT2D eigenvalue weighted by Crippen LogP contribution is 2.21. The summed E-state index contributed by atoms with van der Waals surface area (Å²) in [6.07, 6.45) is 0. The van der Waals surface area contributed by atoms with Crippen molar-refractivity contribution in [3.8, 4) is 0 Å². The number of nitrogens with zero attached hydrogens (tertiary/aromatic N) is 1. The van der Waals surface area contributed by atoms with Crippen LogP contribution in [-0.4, -0.2) is 12.5 Å². The number of halogens is 2. The Labute approximate surface area is 115 Å². The van der Waals surface area contributed by atoms with Crippen molar-refractivity contribution in [2.45, 2.75) is 6.92 Å². The molecule has 2 aromatic rings. The standard InChI is InChI=1S/C15H14F2N2O/c1-2-19(10-6-4-3-5-7-10)15(20)11-8-14(18)13(17)9-12(11)16/h3-9H,2,18H2,1H3. The van der Waals surface area contributed by atoms with Crippen LogP contribution < -0.4 is 10.6 Å². The molecule has 2 aromatic carbocycles. The van der Waals surface area contributed by atoms with Gasteiger partial charge in [-0.15, -0.1) is 0 Å². The second-order valence-corrected chi connectivity index (χ2v) is 4.24. The predicted octanol–water partition coefficient (Wildman–Crippen LogP) is 3.21. The smallest absolute Gasteiger partial charge is 0.261 e. The maximum Gasteiger partial charge on any atom is 0.261 e. The van der Waals surface area contributed by atoms with Crippen LogP contribution in [0.1, 0.15) is 17.3 Å². The lowest BCUT2D eigenvalue weighted by molar-refractivity contribution is 0.0984. The number of nitrogen functional groups attached to an aromatic ring is 1. The third-order valence-electron chi connectivity index (χ3n) is 2.95. The maximum atomic E-state index is 13.8. The largest absolute Gasteiger partial charge is 0.396 e. The average Bonchev–Trinajstić information content (AvgIpc) is 2.44. The van der Waals surface area contributed by atoms with Crippen molar-refractivity contribution in [2.75, 3.05) is 17.2 Å². The lowest BCUT2D eigenvalue weighted by atomic mass is 10.1. The molecule has 104 valence electrons. The Morgan fingerprint density at radius 2 is 1.80 bits per heavy atom. The van der Waals surface area contributed by atoms with E-state index >= 15 is 0 Å². The fraction of sp³-hybridized carbons (Fsp3) is 0.133. The van der Waals surface area contributed by atoms with Crippen LogP contribution in [0.2, 0.25) is 0 Å². The molecule has 0 aliphatic rings. The predicted molar refractivity (Wildman–Crippen MR) is 74.6 cm³/mol. The molecule has 0 bridgehead atoms. The monoisotopic (exact) mass is 276 g/mol.